The van der Waals surface area contributed by atoms with Gasteiger partial charge >= 0.3 is 0 Å². The summed E-state index contributed by atoms with van der Waals surface area (Å²) in [6.07, 6.45) is 19.6. The third-order valence-corrected chi connectivity index (χ3v) is 2.68. The highest BCUT2D eigenvalue weighted by atomic mass is 16.1. The fraction of sp³-hybridized carbons (Fsp3) is 0.667. The van der Waals surface area contributed by atoms with Crippen LogP contribution in [0.25, 0.3) is 0 Å². The van der Waals surface area contributed by atoms with Gasteiger partial charge in [0.15, 0.2) is 0 Å². The second-order valence-corrected chi connectivity index (χ2v) is 4.29. The van der Waals surface area contributed by atoms with Crippen molar-refractivity contribution in [2.75, 3.05) is 6.54 Å². The lowest BCUT2D eigenvalue weighted by Gasteiger charge is -1.98. The van der Waals surface area contributed by atoms with Crippen molar-refractivity contribution in [2.45, 2.75) is 58.3 Å². The molecular formula is C15H27NO. The van der Waals surface area contributed by atoms with Gasteiger partial charge in [-0.2, -0.15) is 0 Å². The van der Waals surface area contributed by atoms with Gasteiger partial charge in [-0.25, -0.2) is 0 Å². The monoisotopic (exact) mass is 237 g/mol. The van der Waals surface area contributed by atoms with Gasteiger partial charge in [-0.1, -0.05) is 69.8 Å². The predicted octanol–water partition coefficient (Wildman–Crippen LogP) is 3.99. The van der Waals surface area contributed by atoms with Crippen LogP contribution in [0.1, 0.15) is 58.3 Å². The lowest BCUT2D eigenvalue weighted by Crippen LogP contribution is -2.08. The Morgan fingerprint density at radius 1 is 0.882 bits per heavy atom. The van der Waals surface area contributed by atoms with E-state index in [1.165, 1.54) is 51.4 Å². The number of unbranched alkanes of at least 4 members (excludes halogenated alkanes) is 7. The molecule has 17 heavy (non-hydrogen) atoms. The van der Waals surface area contributed by atoms with E-state index in [2.05, 4.69) is 24.4 Å². The largest absolute Gasteiger partial charge is 0.355 e. The van der Waals surface area contributed by atoms with E-state index in [4.69, 9.17) is 0 Å². The number of amides is 1. The molecule has 0 saturated carbocycles. The minimum Gasteiger partial charge on any atom is -0.355 e. The Kier molecular flexibility index (Phi) is 14.0. The lowest BCUT2D eigenvalue weighted by atomic mass is 10.1. The van der Waals surface area contributed by atoms with Gasteiger partial charge in [0.25, 0.3) is 0 Å². The Hall–Kier alpha value is -1.05. The molecule has 0 aliphatic heterocycles. The first-order chi connectivity index (χ1) is 8.41. The summed E-state index contributed by atoms with van der Waals surface area (Å²) in [6, 6.07) is 0. The van der Waals surface area contributed by atoms with Crippen LogP contribution in [0, 0.1) is 0 Å². The van der Waals surface area contributed by atoms with Gasteiger partial charge in [0.2, 0.25) is 6.41 Å². The number of hydrogen-bond donors (Lipinski definition) is 1. The molecule has 0 fully saturated rings. The zero-order valence-electron chi connectivity index (χ0n) is 11.2. The molecule has 0 bridgehead atoms. The fourth-order valence-electron chi connectivity index (χ4n) is 1.66. The first-order valence-corrected chi connectivity index (χ1v) is 6.90. The number of carbonyl (C=O) groups excluding carboxylic acids is 1. The molecule has 0 saturated heterocycles. The first-order valence-electron chi connectivity index (χ1n) is 6.90. The summed E-state index contributed by atoms with van der Waals surface area (Å²) in [4.78, 5) is 9.94. The van der Waals surface area contributed by atoms with Crippen molar-refractivity contribution in [3.8, 4) is 0 Å². The molecule has 0 aromatic rings. The Morgan fingerprint density at radius 2 is 1.53 bits per heavy atom. The molecule has 0 unspecified atom stereocenters. The van der Waals surface area contributed by atoms with Crippen LogP contribution in [0.4, 0.5) is 0 Å². The molecule has 0 radical (unpaired) electrons. The van der Waals surface area contributed by atoms with Gasteiger partial charge in [0, 0.05) is 6.54 Å². The molecule has 1 amide bonds. The van der Waals surface area contributed by atoms with Crippen molar-refractivity contribution in [3.05, 3.63) is 24.3 Å². The summed E-state index contributed by atoms with van der Waals surface area (Å²) >= 11 is 0. The SMILES string of the molecule is CCCCCCCCC/C=C/C=C/CNC=O. The topological polar surface area (TPSA) is 29.1 Å². The van der Waals surface area contributed by atoms with Gasteiger partial charge in [0.1, 0.15) is 0 Å². The molecule has 0 spiro atoms. The van der Waals surface area contributed by atoms with Gasteiger partial charge in [-0.15, -0.1) is 0 Å². The average Bonchev–Trinajstić information content (AvgIpc) is 2.35. The molecule has 0 atom stereocenters. The van der Waals surface area contributed by atoms with Gasteiger partial charge in [-0.05, 0) is 12.8 Å². The van der Waals surface area contributed by atoms with E-state index in [0.717, 1.165) is 0 Å². The summed E-state index contributed by atoms with van der Waals surface area (Å²) < 4.78 is 0. The quantitative estimate of drug-likeness (QED) is 0.310. The number of allylic oxidation sites excluding steroid dienone is 3. The van der Waals surface area contributed by atoms with Crippen LogP contribution < -0.4 is 5.32 Å². The van der Waals surface area contributed by atoms with Crippen molar-refractivity contribution < 1.29 is 4.79 Å². The zero-order chi connectivity index (χ0) is 12.6. The second kappa shape index (κ2) is 14.9. The van der Waals surface area contributed by atoms with Gasteiger partial charge in [0.05, 0.1) is 0 Å². The van der Waals surface area contributed by atoms with Crippen molar-refractivity contribution in [1.29, 1.82) is 0 Å². The average molecular weight is 237 g/mol. The molecule has 0 aromatic carbocycles. The van der Waals surface area contributed by atoms with Crippen LogP contribution in [0.2, 0.25) is 0 Å². The van der Waals surface area contributed by atoms with Crippen molar-refractivity contribution in [1.82, 2.24) is 5.32 Å². The van der Waals surface area contributed by atoms with Gasteiger partial charge in [-0.3, -0.25) is 4.79 Å². The van der Waals surface area contributed by atoms with Crippen LogP contribution >= 0.6 is 0 Å². The summed E-state index contributed by atoms with van der Waals surface area (Å²) in [6.45, 7) is 2.87. The fourth-order valence-corrected chi connectivity index (χ4v) is 1.66. The number of rotatable bonds is 12. The maximum atomic E-state index is 9.94. The Labute approximate surface area is 106 Å². The molecule has 0 rings (SSSR count). The third-order valence-electron chi connectivity index (χ3n) is 2.68. The normalized spacial score (nSPS) is 11.4. The van der Waals surface area contributed by atoms with Crippen LogP contribution in [0.5, 0.6) is 0 Å². The van der Waals surface area contributed by atoms with E-state index < -0.39 is 0 Å². The molecule has 98 valence electrons. The molecule has 0 aliphatic rings. The number of hydrogen-bond acceptors (Lipinski definition) is 1. The summed E-state index contributed by atoms with van der Waals surface area (Å²) in [5, 5.41) is 2.58. The predicted molar refractivity (Wildman–Crippen MR) is 75.0 cm³/mol. The highest BCUT2D eigenvalue weighted by molar-refractivity contribution is 5.46. The summed E-state index contributed by atoms with van der Waals surface area (Å²) in [5.74, 6) is 0. The second-order valence-electron chi connectivity index (χ2n) is 4.29. The van der Waals surface area contributed by atoms with Crippen LogP contribution in [-0.4, -0.2) is 13.0 Å². The molecule has 2 heteroatoms. The molecule has 0 aromatic heterocycles. The molecular weight excluding hydrogens is 210 g/mol. The standard InChI is InChI=1S/C15H27NO/c1-2-3-4-5-6-7-8-9-10-11-12-13-14-16-15-17/h10-13,15H,2-9,14H2,1H3,(H,16,17)/b11-10+,13-12+. The highest BCUT2D eigenvalue weighted by Gasteiger charge is 1.88. The highest BCUT2D eigenvalue weighted by Crippen LogP contribution is 2.08. The minimum atomic E-state index is 0.616. The van der Waals surface area contributed by atoms with Crippen LogP contribution in [0.3, 0.4) is 0 Å². The van der Waals surface area contributed by atoms with Gasteiger partial charge < -0.3 is 5.32 Å². The molecule has 2 nitrogen and oxygen atoms in total. The molecule has 1 N–H and O–H groups in total. The Bertz CT molecular complexity index is 209. The zero-order valence-corrected chi connectivity index (χ0v) is 11.2. The van der Waals surface area contributed by atoms with E-state index in [1.807, 2.05) is 12.2 Å². The summed E-state index contributed by atoms with van der Waals surface area (Å²) in [5.41, 5.74) is 0. The smallest absolute Gasteiger partial charge is 0.207 e. The van der Waals surface area contributed by atoms with Crippen molar-refractivity contribution in [3.63, 3.8) is 0 Å². The first kappa shape index (κ1) is 16.0. The van der Waals surface area contributed by atoms with E-state index in [9.17, 15) is 4.79 Å². The number of carbonyl (C=O) groups is 1. The van der Waals surface area contributed by atoms with E-state index >= 15 is 0 Å². The third kappa shape index (κ3) is 14.9. The van der Waals surface area contributed by atoms with Crippen molar-refractivity contribution in [2.24, 2.45) is 0 Å². The lowest BCUT2D eigenvalue weighted by molar-refractivity contribution is -0.109. The maximum Gasteiger partial charge on any atom is 0.207 e. The molecule has 0 aliphatic carbocycles. The molecule has 0 heterocycles. The van der Waals surface area contributed by atoms with Crippen LogP contribution in [0.15, 0.2) is 24.3 Å². The van der Waals surface area contributed by atoms with Crippen molar-refractivity contribution >= 4 is 6.41 Å². The summed E-state index contributed by atoms with van der Waals surface area (Å²) in [7, 11) is 0. The van der Waals surface area contributed by atoms with E-state index in [0.29, 0.717) is 13.0 Å². The van der Waals surface area contributed by atoms with E-state index in [1.54, 1.807) is 0 Å². The Morgan fingerprint density at radius 3 is 2.24 bits per heavy atom. The number of nitrogens with one attached hydrogen (secondary N) is 1. The van der Waals surface area contributed by atoms with Crippen LogP contribution in [-0.2, 0) is 4.79 Å². The maximum absolute atomic E-state index is 9.94. The minimum absolute atomic E-state index is 0.616. The Balaban J connectivity index is 3.13. The van der Waals surface area contributed by atoms with E-state index in [-0.39, 0.29) is 0 Å².